The molecule has 0 aliphatic rings. The molecule has 0 bridgehead atoms. The van der Waals surface area contributed by atoms with E-state index in [2.05, 4.69) is 27.7 Å². The summed E-state index contributed by atoms with van der Waals surface area (Å²) in [5.41, 5.74) is 1.91. The predicted octanol–water partition coefficient (Wildman–Crippen LogP) is 4.49. The SMILES string of the molecule is COC(=O)[C@H](C)Oc1ccc(C=Nn2c(-c3ccccc3)nc3ccccc3c2=O)cc1I. The fourth-order valence-electron chi connectivity index (χ4n) is 3.23. The van der Waals surface area contributed by atoms with Crippen LogP contribution in [-0.4, -0.2) is 35.1 Å². The number of halogens is 1. The smallest absolute Gasteiger partial charge is 0.346 e. The van der Waals surface area contributed by atoms with Crippen LogP contribution in [0.2, 0.25) is 0 Å². The van der Waals surface area contributed by atoms with Crippen molar-refractivity contribution in [2.45, 2.75) is 13.0 Å². The third-order valence-electron chi connectivity index (χ3n) is 4.90. The zero-order chi connectivity index (χ0) is 23.4. The number of esters is 1. The molecule has 0 aliphatic heterocycles. The van der Waals surface area contributed by atoms with E-state index in [1.165, 1.54) is 11.8 Å². The highest BCUT2D eigenvalue weighted by atomic mass is 127. The first-order valence-electron chi connectivity index (χ1n) is 10.1. The Morgan fingerprint density at radius 1 is 1.09 bits per heavy atom. The number of nitrogens with zero attached hydrogens (tertiary/aromatic N) is 3. The van der Waals surface area contributed by atoms with Crippen molar-refractivity contribution in [1.82, 2.24) is 9.66 Å². The quantitative estimate of drug-likeness (QED) is 0.200. The molecule has 4 rings (SSSR count). The van der Waals surface area contributed by atoms with E-state index in [1.54, 1.807) is 37.4 Å². The van der Waals surface area contributed by atoms with Crippen LogP contribution in [0.3, 0.4) is 0 Å². The first-order chi connectivity index (χ1) is 16.0. The van der Waals surface area contributed by atoms with E-state index in [1.807, 2.05) is 48.5 Å². The van der Waals surface area contributed by atoms with Gasteiger partial charge in [-0.2, -0.15) is 9.78 Å². The van der Waals surface area contributed by atoms with Gasteiger partial charge in [-0.15, -0.1) is 0 Å². The second-order valence-corrected chi connectivity index (χ2v) is 8.32. The largest absolute Gasteiger partial charge is 0.478 e. The number of hydrogen-bond acceptors (Lipinski definition) is 6. The number of fused-ring (bicyclic) bond motifs is 1. The first-order valence-corrected chi connectivity index (χ1v) is 11.2. The van der Waals surface area contributed by atoms with Crippen LogP contribution >= 0.6 is 22.6 Å². The lowest BCUT2D eigenvalue weighted by atomic mass is 10.2. The summed E-state index contributed by atoms with van der Waals surface area (Å²) in [4.78, 5) is 29.5. The Morgan fingerprint density at radius 3 is 2.55 bits per heavy atom. The lowest BCUT2D eigenvalue weighted by molar-refractivity contribution is -0.147. The van der Waals surface area contributed by atoms with E-state index in [0.717, 1.165) is 14.7 Å². The van der Waals surface area contributed by atoms with Gasteiger partial charge in [-0.25, -0.2) is 9.78 Å². The van der Waals surface area contributed by atoms with Gasteiger partial charge in [0.2, 0.25) is 0 Å². The summed E-state index contributed by atoms with van der Waals surface area (Å²) in [5, 5.41) is 4.96. The molecule has 33 heavy (non-hydrogen) atoms. The van der Waals surface area contributed by atoms with Gasteiger partial charge >= 0.3 is 5.97 Å². The van der Waals surface area contributed by atoms with Crippen LogP contribution in [0.5, 0.6) is 5.75 Å². The van der Waals surface area contributed by atoms with Gasteiger partial charge in [-0.1, -0.05) is 42.5 Å². The van der Waals surface area contributed by atoms with Gasteiger partial charge in [-0.05, 0) is 65.4 Å². The summed E-state index contributed by atoms with van der Waals surface area (Å²) < 4.78 is 12.5. The molecule has 1 heterocycles. The minimum atomic E-state index is -0.723. The Labute approximate surface area is 203 Å². The third kappa shape index (κ3) is 4.95. The topological polar surface area (TPSA) is 82.8 Å². The van der Waals surface area contributed by atoms with E-state index < -0.39 is 12.1 Å². The van der Waals surface area contributed by atoms with E-state index >= 15 is 0 Å². The summed E-state index contributed by atoms with van der Waals surface area (Å²) in [6, 6.07) is 22.1. The number of carbonyl (C=O) groups is 1. The van der Waals surface area contributed by atoms with Crippen molar-refractivity contribution < 1.29 is 14.3 Å². The van der Waals surface area contributed by atoms with Crippen LogP contribution in [0.1, 0.15) is 12.5 Å². The molecule has 166 valence electrons. The maximum Gasteiger partial charge on any atom is 0.346 e. The maximum atomic E-state index is 13.2. The number of methoxy groups -OCH3 is 1. The Morgan fingerprint density at radius 2 is 1.82 bits per heavy atom. The molecule has 0 unspecified atom stereocenters. The van der Waals surface area contributed by atoms with Gasteiger partial charge in [0.15, 0.2) is 11.9 Å². The molecule has 0 radical (unpaired) electrons. The predicted molar refractivity (Wildman–Crippen MR) is 136 cm³/mol. The van der Waals surface area contributed by atoms with Crippen LogP contribution < -0.4 is 10.3 Å². The first kappa shape index (κ1) is 22.7. The second-order valence-electron chi connectivity index (χ2n) is 7.15. The highest BCUT2D eigenvalue weighted by Gasteiger charge is 2.16. The fourth-order valence-corrected chi connectivity index (χ4v) is 3.89. The van der Waals surface area contributed by atoms with Gasteiger partial charge in [0.05, 0.1) is 27.8 Å². The number of benzene rings is 3. The van der Waals surface area contributed by atoms with Crippen molar-refractivity contribution >= 4 is 45.7 Å². The van der Waals surface area contributed by atoms with Gasteiger partial charge in [0.25, 0.3) is 5.56 Å². The normalized spacial score (nSPS) is 12.1. The van der Waals surface area contributed by atoms with E-state index in [0.29, 0.717) is 22.5 Å². The highest BCUT2D eigenvalue weighted by Crippen LogP contribution is 2.23. The van der Waals surface area contributed by atoms with E-state index in [9.17, 15) is 9.59 Å². The summed E-state index contributed by atoms with van der Waals surface area (Å²) in [6.45, 7) is 1.63. The summed E-state index contributed by atoms with van der Waals surface area (Å²) in [5.74, 6) is 0.560. The van der Waals surface area contributed by atoms with Crippen LogP contribution in [-0.2, 0) is 9.53 Å². The van der Waals surface area contributed by atoms with Crippen LogP contribution in [0.15, 0.2) is 82.7 Å². The maximum absolute atomic E-state index is 13.2. The molecule has 1 atom stereocenters. The molecule has 0 spiro atoms. The minimum Gasteiger partial charge on any atom is -0.478 e. The number of para-hydroxylation sites is 1. The molecule has 3 aromatic carbocycles. The summed E-state index contributed by atoms with van der Waals surface area (Å²) >= 11 is 2.12. The lowest BCUT2D eigenvalue weighted by Crippen LogP contribution is -2.25. The Hall–Kier alpha value is -3.53. The minimum absolute atomic E-state index is 0.253. The Balaban J connectivity index is 1.72. The van der Waals surface area contributed by atoms with Crippen molar-refractivity contribution in [2.75, 3.05) is 7.11 Å². The van der Waals surface area contributed by atoms with Crippen molar-refractivity contribution in [3.8, 4) is 17.1 Å². The molecular weight excluding hydrogens is 533 g/mol. The van der Waals surface area contributed by atoms with E-state index in [-0.39, 0.29) is 5.56 Å². The van der Waals surface area contributed by atoms with E-state index in [4.69, 9.17) is 14.5 Å². The number of aromatic nitrogens is 2. The van der Waals surface area contributed by atoms with Gasteiger partial charge < -0.3 is 9.47 Å². The molecule has 0 saturated heterocycles. The molecule has 0 amide bonds. The second kappa shape index (κ2) is 9.95. The zero-order valence-corrected chi connectivity index (χ0v) is 20.1. The highest BCUT2D eigenvalue weighted by molar-refractivity contribution is 14.1. The van der Waals surface area contributed by atoms with Gasteiger partial charge in [-0.3, -0.25) is 4.79 Å². The van der Waals surface area contributed by atoms with Crippen LogP contribution in [0, 0.1) is 3.57 Å². The van der Waals surface area contributed by atoms with Crippen molar-refractivity contribution in [3.05, 3.63) is 92.3 Å². The van der Waals surface area contributed by atoms with Gasteiger partial charge in [0.1, 0.15) is 5.75 Å². The van der Waals surface area contributed by atoms with Crippen molar-refractivity contribution in [3.63, 3.8) is 0 Å². The fraction of sp³-hybridized carbons (Fsp3) is 0.120. The number of ether oxygens (including phenoxy) is 2. The molecule has 1 aromatic heterocycles. The molecule has 0 N–H and O–H groups in total. The number of hydrogen-bond donors (Lipinski definition) is 0. The number of carbonyl (C=O) groups excluding carboxylic acids is 1. The molecule has 0 fully saturated rings. The molecule has 7 nitrogen and oxygen atoms in total. The van der Waals surface area contributed by atoms with Gasteiger partial charge in [0, 0.05) is 5.56 Å². The molecule has 0 aliphatic carbocycles. The Bertz CT molecular complexity index is 1400. The lowest BCUT2D eigenvalue weighted by Gasteiger charge is -2.14. The monoisotopic (exact) mass is 553 g/mol. The molecule has 4 aromatic rings. The average molecular weight is 553 g/mol. The molecule has 0 saturated carbocycles. The molecular formula is C25H20IN3O4. The average Bonchev–Trinajstić information content (AvgIpc) is 2.84. The Kier molecular flexibility index (Phi) is 6.83. The third-order valence-corrected chi connectivity index (χ3v) is 5.74. The standard InChI is InChI=1S/C25H20IN3O4/c1-16(25(31)32-2)33-22-13-12-17(14-20(22)26)15-27-29-23(18-8-4-3-5-9-18)28-21-11-7-6-10-19(21)24(29)30/h3-16H,1-2H3/t16-/m0/s1. The number of rotatable bonds is 6. The van der Waals surface area contributed by atoms with Crippen LogP contribution in [0.25, 0.3) is 22.3 Å². The summed E-state index contributed by atoms with van der Waals surface area (Å²) in [6.07, 6.45) is 0.874. The zero-order valence-electron chi connectivity index (χ0n) is 17.9. The molecule has 8 heteroatoms. The summed E-state index contributed by atoms with van der Waals surface area (Å²) in [7, 11) is 1.32. The van der Waals surface area contributed by atoms with Crippen molar-refractivity contribution in [1.29, 1.82) is 0 Å². The van der Waals surface area contributed by atoms with Crippen molar-refractivity contribution in [2.24, 2.45) is 5.10 Å². The van der Waals surface area contributed by atoms with Crippen LogP contribution in [0.4, 0.5) is 0 Å².